The van der Waals surface area contributed by atoms with Crippen molar-refractivity contribution in [3.63, 3.8) is 0 Å². The molecule has 2 nitrogen and oxygen atoms in total. The molecule has 0 saturated heterocycles. The second-order valence-corrected chi connectivity index (χ2v) is 9.65. The zero-order valence-electron chi connectivity index (χ0n) is 16.3. The van der Waals surface area contributed by atoms with E-state index < -0.39 is 0 Å². The van der Waals surface area contributed by atoms with Gasteiger partial charge in [-0.25, -0.2) is 0 Å². The first-order chi connectivity index (χ1) is 10.6. The molecule has 2 saturated carbocycles. The molecule has 2 fully saturated rings. The van der Waals surface area contributed by atoms with Crippen LogP contribution in [0.4, 0.5) is 0 Å². The van der Waals surface area contributed by atoms with Gasteiger partial charge in [0.25, 0.3) is 0 Å². The molecule has 134 valence electrons. The fraction of sp³-hybridized carbons (Fsp3) is 0.952. The van der Waals surface area contributed by atoms with Crippen LogP contribution in [0.3, 0.4) is 0 Å². The Labute approximate surface area is 144 Å². The number of rotatable bonds is 5. The molecule has 1 amide bonds. The van der Waals surface area contributed by atoms with Crippen molar-refractivity contribution in [2.75, 3.05) is 0 Å². The van der Waals surface area contributed by atoms with Crippen LogP contribution in [0.15, 0.2) is 0 Å². The van der Waals surface area contributed by atoms with Gasteiger partial charge in [-0.1, -0.05) is 60.8 Å². The Morgan fingerprint density at radius 2 is 1.87 bits per heavy atom. The number of carbonyl (C=O) groups excluding carboxylic acids is 1. The van der Waals surface area contributed by atoms with Crippen LogP contribution in [0.25, 0.3) is 0 Å². The molecule has 2 aliphatic rings. The lowest BCUT2D eigenvalue weighted by Crippen LogP contribution is -2.58. The number of hydrogen-bond donors (Lipinski definition) is 1. The van der Waals surface area contributed by atoms with E-state index in [9.17, 15) is 4.79 Å². The molecule has 23 heavy (non-hydrogen) atoms. The quantitative estimate of drug-likeness (QED) is 0.723. The largest absolute Gasteiger partial charge is 0.369 e. The lowest BCUT2D eigenvalue weighted by Gasteiger charge is -2.62. The first-order valence-corrected chi connectivity index (χ1v) is 9.93. The number of nitrogens with two attached hydrogens (primary N) is 1. The molecular formula is C21H39NO. The van der Waals surface area contributed by atoms with E-state index >= 15 is 0 Å². The number of hydrogen-bond acceptors (Lipinski definition) is 1. The standard InChI is InChI=1S/C21H39NO/c1-7-14(2)8-10-16-15(3)9-11-18-20(4,5)13-12-17(19(22)23)21(16,18)6/h14-18H,7-13H2,1-6H3,(H2,22,23)/t14-,15+,16+,17?,18+,21+/m1/s1. The summed E-state index contributed by atoms with van der Waals surface area (Å²) >= 11 is 0. The molecular weight excluding hydrogens is 282 g/mol. The first-order valence-electron chi connectivity index (χ1n) is 9.93. The average molecular weight is 322 g/mol. The van der Waals surface area contributed by atoms with Crippen molar-refractivity contribution >= 4 is 5.91 Å². The van der Waals surface area contributed by atoms with Crippen molar-refractivity contribution < 1.29 is 4.79 Å². The summed E-state index contributed by atoms with van der Waals surface area (Å²) in [4.78, 5) is 12.3. The molecule has 0 bridgehead atoms. The van der Waals surface area contributed by atoms with Crippen LogP contribution in [-0.4, -0.2) is 5.91 Å². The zero-order valence-corrected chi connectivity index (χ0v) is 16.3. The summed E-state index contributed by atoms with van der Waals surface area (Å²) in [5, 5.41) is 0. The Morgan fingerprint density at radius 1 is 1.22 bits per heavy atom. The summed E-state index contributed by atoms with van der Waals surface area (Å²) < 4.78 is 0. The Hall–Kier alpha value is -0.530. The molecule has 0 aromatic rings. The third-order valence-corrected chi connectivity index (χ3v) is 7.93. The van der Waals surface area contributed by atoms with Gasteiger partial charge in [0, 0.05) is 5.92 Å². The fourth-order valence-electron chi connectivity index (χ4n) is 6.26. The van der Waals surface area contributed by atoms with Gasteiger partial charge in [0.2, 0.25) is 5.91 Å². The third kappa shape index (κ3) is 3.33. The Balaban J connectivity index is 2.35. The maximum Gasteiger partial charge on any atom is 0.221 e. The van der Waals surface area contributed by atoms with E-state index in [1.165, 1.54) is 32.1 Å². The van der Waals surface area contributed by atoms with Crippen molar-refractivity contribution in [2.45, 2.75) is 86.5 Å². The number of carbonyl (C=O) groups is 1. The normalized spacial score (nSPS) is 41.1. The second-order valence-electron chi connectivity index (χ2n) is 9.65. The molecule has 0 spiro atoms. The van der Waals surface area contributed by atoms with Gasteiger partial charge in [0.15, 0.2) is 0 Å². The lowest BCUT2D eigenvalue weighted by molar-refractivity contribution is -0.157. The topological polar surface area (TPSA) is 43.1 Å². The van der Waals surface area contributed by atoms with Crippen LogP contribution in [-0.2, 0) is 4.79 Å². The summed E-state index contributed by atoms with van der Waals surface area (Å²) in [6.07, 6.45) is 8.54. The summed E-state index contributed by atoms with van der Waals surface area (Å²) in [5.41, 5.74) is 6.34. The highest BCUT2D eigenvalue weighted by atomic mass is 16.1. The lowest BCUT2D eigenvalue weighted by atomic mass is 9.42. The van der Waals surface area contributed by atoms with Crippen LogP contribution in [0.2, 0.25) is 0 Å². The maximum atomic E-state index is 12.3. The predicted molar refractivity (Wildman–Crippen MR) is 97.9 cm³/mol. The molecule has 0 aromatic heterocycles. The highest BCUT2D eigenvalue weighted by Crippen LogP contribution is 2.64. The Morgan fingerprint density at radius 3 is 2.43 bits per heavy atom. The van der Waals surface area contributed by atoms with E-state index in [1.54, 1.807) is 0 Å². The molecule has 1 unspecified atom stereocenters. The smallest absolute Gasteiger partial charge is 0.221 e. The molecule has 2 N–H and O–H groups in total. The molecule has 0 aromatic carbocycles. The van der Waals surface area contributed by atoms with E-state index in [2.05, 4.69) is 41.5 Å². The van der Waals surface area contributed by atoms with Crippen LogP contribution >= 0.6 is 0 Å². The van der Waals surface area contributed by atoms with E-state index in [0.29, 0.717) is 17.3 Å². The Kier molecular flexibility index (Phi) is 5.53. The highest BCUT2D eigenvalue weighted by molar-refractivity contribution is 5.78. The van der Waals surface area contributed by atoms with Gasteiger partial charge in [0.1, 0.15) is 0 Å². The molecule has 2 rings (SSSR count). The maximum absolute atomic E-state index is 12.3. The summed E-state index contributed by atoms with van der Waals surface area (Å²) in [6.45, 7) is 14.3. The van der Waals surface area contributed by atoms with Crippen molar-refractivity contribution in [3.8, 4) is 0 Å². The predicted octanol–water partition coefficient (Wildman–Crippen LogP) is 5.40. The minimum Gasteiger partial charge on any atom is -0.369 e. The number of amides is 1. The SMILES string of the molecule is CC[C@@H](C)CC[C@H]1[C@@H](C)CC[C@H]2C(C)(C)CCC(C(N)=O)[C@]12C. The van der Waals surface area contributed by atoms with Crippen molar-refractivity contribution in [2.24, 2.45) is 46.2 Å². The third-order valence-electron chi connectivity index (χ3n) is 7.93. The minimum atomic E-state index is -0.0457. The molecule has 2 heteroatoms. The number of fused-ring (bicyclic) bond motifs is 1. The van der Waals surface area contributed by atoms with E-state index in [4.69, 9.17) is 5.73 Å². The van der Waals surface area contributed by atoms with E-state index in [-0.39, 0.29) is 17.2 Å². The van der Waals surface area contributed by atoms with Gasteiger partial charge in [-0.3, -0.25) is 4.79 Å². The Bertz CT molecular complexity index is 430. The molecule has 2 aliphatic carbocycles. The molecule has 0 aliphatic heterocycles. The van der Waals surface area contributed by atoms with Crippen LogP contribution in [0, 0.1) is 40.4 Å². The van der Waals surface area contributed by atoms with Gasteiger partial charge in [-0.2, -0.15) is 0 Å². The molecule has 0 radical (unpaired) electrons. The average Bonchev–Trinajstić information content (AvgIpc) is 2.44. The summed E-state index contributed by atoms with van der Waals surface area (Å²) in [6, 6.07) is 0. The van der Waals surface area contributed by atoms with Crippen LogP contribution in [0.5, 0.6) is 0 Å². The fourth-order valence-corrected chi connectivity index (χ4v) is 6.26. The van der Waals surface area contributed by atoms with Gasteiger partial charge >= 0.3 is 0 Å². The summed E-state index contributed by atoms with van der Waals surface area (Å²) in [7, 11) is 0. The zero-order chi connectivity index (χ0) is 17.4. The van der Waals surface area contributed by atoms with Gasteiger partial charge in [-0.05, 0) is 60.2 Å². The first kappa shape index (κ1) is 18.8. The molecule has 6 atom stereocenters. The second kappa shape index (κ2) is 6.76. The summed E-state index contributed by atoms with van der Waals surface area (Å²) in [5.74, 6) is 2.82. The monoisotopic (exact) mass is 321 g/mol. The van der Waals surface area contributed by atoms with Gasteiger partial charge in [0.05, 0.1) is 0 Å². The van der Waals surface area contributed by atoms with Crippen molar-refractivity contribution in [3.05, 3.63) is 0 Å². The highest BCUT2D eigenvalue weighted by Gasteiger charge is 2.59. The van der Waals surface area contributed by atoms with Crippen LogP contribution in [0.1, 0.15) is 86.5 Å². The van der Waals surface area contributed by atoms with E-state index in [1.807, 2.05) is 0 Å². The van der Waals surface area contributed by atoms with Crippen LogP contribution < -0.4 is 5.73 Å². The van der Waals surface area contributed by atoms with Crippen molar-refractivity contribution in [1.29, 1.82) is 0 Å². The molecule has 0 heterocycles. The van der Waals surface area contributed by atoms with Gasteiger partial charge < -0.3 is 5.73 Å². The van der Waals surface area contributed by atoms with Crippen molar-refractivity contribution in [1.82, 2.24) is 0 Å². The van der Waals surface area contributed by atoms with E-state index in [0.717, 1.165) is 24.7 Å². The van der Waals surface area contributed by atoms with Gasteiger partial charge in [-0.15, -0.1) is 0 Å². The minimum absolute atomic E-state index is 0.0457. The number of primary amides is 1.